The van der Waals surface area contributed by atoms with Crippen molar-refractivity contribution in [3.05, 3.63) is 39.7 Å². The first-order valence-corrected chi connectivity index (χ1v) is 4.02. The summed E-state index contributed by atoms with van der Waals surface area (Å²) in [5, 5.41) is 10.5. The third kappa shape index (κ3) is 2.61. The maximum Gasteiger partial charge on any atom is 0.320 e. The fourth-order valence-corrected chi connectivity index (χ4v) is 0.990. The molecule has 0 saturated heterocycles. The number of nitrogens with zero attached hydrogens (tertiary/aromatic N) is 1. The molecule has 4 nitrogen and oxygen atoms in total. The number of hydrogen-bond acceptors (Lipinski definition) is 3. The lowest BCUT2D eigenvalue weighted by atomic mass is 10.1. The molecule has 0 atom stereocenters. The van der Waals surface area contributed by atoms with Gasteiger partial charge in [0.25, 0.3) is 0 Å². The third-order valence-electron chi connectivity index (χ3n) is 1.58. The van der Waals surface area contributed by atoms with Crippen LogP contribution in [0, 0.1) is 27.8 Å². The fraction of sp³-hybridized carbons (Fsp3) is 0.100. The summed E-state index contributed by atoms with van der Waals surface area (Å²) in [5.41, 5.74) is -0.683. The SMILES string of the molecule is O=CCC#Cc1cccc(F)c1[N+](=O)[O-]. The highest BCUT2D eigenvalue weighted by molar-refractivity contribution is 5.57. The Bertz CT molecular complexity index is 459. The predicted octanol–water partition coefficient (Wildman–Crippen LogP) is 1.67. The van der Waals surface area contributed by atoms with Gasteiger partial charge in [-0.1, -0.05) is 17.9 Å². The topological polar surface area (TPSA) is 60.2 Å². The van der Waals surface area contributed by atoms with Crippen LogP contribution in [-0.2, 0) is 4.79 Å². The number of carbonyl (C=O) groups excluding carboxylic acids is 1. The van der Waals surface area contributed by atoms with Gasteiger partial charge in [-0.2, -0.15) is 4.39 Å². The van der Waals surface area contributed by atoms with Crippen LogP contribution in [0.5, 0.6) is 0 Å². The van der Waals surface area contributed by atoms with E-state index in [4.69, 9.17) is 0 Å². The largest absolute Gasteiger partial charge is 0.320 e. The second kappa shape index (κ2) is 4.86. The minimum Gasteiger partial charge on any atom is -0.302 e. The molecule has 0 fully saturated rings. The molecule has 1 aromatic carbocycles. The lowest BCUT2D eigenvalue weighted by Crippen LogP contribution is -1.95. The highest BCUT2D eigenvalue weighted by Gasteiger charge is 2.17. The first-order chi connectivity index (χ1) is 7.16. The Kier molecular flexibility index (Phi) is 3.52. The van der Waals surface area contributed by atoms with E-state index < -0.39 is 16.4 Å². The van der Waals surface area contributed by atoms with Gasteiger partial charge in [-0.05, 0) is 12.1 Å². The molecule has 0 spiro atoms. The first kappa shape index (κ1) is 10.9. The molecular formula is C10H6FNO3. The van der Waals surface area contributed by atoms with Gasteiger partial charge >= 0.3 is 5.69 Å². The summed E-state index contributed by atoms with van der Waals surface area (Å²) in [6.07, 6.45) is 0.534. The molecule has 0 aliphatic rings. The third-order valence-corrected chi connectivity index (χ3v) is 1.58. The number of aldehydes is 1. The van der Waals surface area contributed by atoms with E-state index in [1.807, 2.05) is 0 Å². The average molecular weight is 207 g/mol. The molecule has 0 aliphatic heterocycles. The molecule has 0 saturated carbocycles. The van der Waals surface area contributed by atoms with Crippen molar-refractivity contribution >= 4 is 12.0 Å². The Morgan fingerprint density at radius 2 is 2.27 bits per heavy atom. The standard InChI is InChI=1S/C10H6FNO3/c11-9-6-3-5-8(4-1-2-7-13)10(9)12(14)15/h3,5-7H,2H2. The molecule has 76 valence electrons. The summed E-state index contributed by atoms with van der Waals surface area (Å²) < 4.78 is 13.0. The molecule has 0 N–H and O–H groups in total. The maximum atomic E-state index is 13.0. The second-order valence-corrected chi connectivity index (χ2v) is 2.57. The molecule has 0 bridgehead atoms. The number of halogens is 1. The number of para-hydroxylation sites is 1. The molecule has 0 heterocycles. The number of benzene rings is 1. The highest BCUT2D eigenvalue weighted by atomic mass is 19.1. The normalized spacial score (nSPS) is 8.87. The number of hydrogen-bond donors (Lipinski definition) is 0. The van der Waals surface area contributed by atoms with Crippen LogP contribution in [0.4, 0.5) is 10.1 Å². The van der Waals surface area contributed by atoms with E-state index in [1.165, 1.54) is 12.1 Å². The molecule has 0 amide bonds. The summed E-state index contributed by atoms with van der Waals surface area (Å²) >= 11 is 0. The minimum absolute atomic E-state index is 0.0261. The van der Waals surface area contributed by atoms with Gasteiger partial charge in [0.05, 0.1) is 11.3 Å². The quantitative estimate of drug-likeness (QED) is 0.321. The summed E-state index contributed by atoms with van der Waals surface area (Å²) in [6.45, 7) is 0. The van der Waals surface area contributed by atoms with Gasteiger partial charge in [0.2, 0.25) is 5.82 Å². The monoisotopic (exact) mass is 207 g/mol. The zero-order valence-corrected chi connectivity index (χ0v) is 7.57. The molecule has 1 rings (SSSR count). The fourth-order valence-electron chi connectivity index (χ4n) is 0.990. The van der Waals surface area contributed by atoms with E-state index in [0.717, 1.165) is 6.07 Å². The van der Waals surface area contributed by atoms with Crippen molar-refractivity contribution in [3.8, 4) is 11.8 Å². The van der Waals surface area contributed by atoms with Crippen LogP contribution in [0.2, 0.25) is 0 Å². The Labute approximate surface area is 84.9 Å². The Morgan fingerprint density at radius 1 is 1.53 bits per heavy atom. The van der Waals surface area contributed by atoms with E-state index in [9.17, 15) is 19.3 Å². The molecule has 5 heteroatoms. The van der Waals surface area contributed by atoms with Gasteiger partial charge in [0, 0.05) is 0 Å². The van der Waals surface area contributed by atoms with Gasteiger partial charge in [-0.25, -0.2) is 0 Å². The smallest absolute Gasteiger partial charge is 0.302 e. The molecule has 15 heavy (non-hydrogen) atoms. The second-order valence-electron chi connectivity index (χ2n) is 2.57. The van der Waals surface area contributed by atoms with Gasteiger partial charge in [0.15, 0.2) is 0 Å². The average Bonchev–Trinajstić information content (AvgIpc) is 2.17. The number of rotatable bonds is 2. The number of nitro benzene ring substituents is 1. The van der Waals surface area contributed by atoms with Crippen LogP contribution >= 0.6 is 0 Å². The molecule has 0 aliphatic carbocycles. The van der Waals surface area contributed by atoms with Crippen molar-refractivity contribution in [2.75, 3.05) is 0 Å². The van der Waals surface area contributed by atoms with Crippen LogP contribution in [0.1, 0.15) is 12.0 Å². The lowest BCUT2D eigenvalue weighted by Gasteiger charge is -1.95. The summed E-state index contributed by atoms with van der Waals surface area (Å²) in [4.78, 5) is 19.6. The van der Waals surface area contributed by atoms with Crippen LogP contribution < -0.4 is 0 Å². The molecular weight excluding hydrogens is 201 g/mol. The molecule has 0 radical (unpaired) electrons. The highest BCUT2D eigenvalue weighted by Crippen LogP contribution is 2.21. The van der Waals surface area contributed by atoms with Gasteiger partial charge < -0.3 is 4.79 Å². The van der Waals surface area contributed by atoms with Crippen LogP contribution in [0.25, 0.3) is 0 Å². The molecule has 1 aromatic rings. The Hall–Kier alpha value is -2.22. The van der Waals surface area contributed by atoms with E-state index in [1.54, 1.807) is 0 Å². The van der Waals surface area contributed by atoms with Gasteiger partial charge in [0.1, 0.15) is 11.8 Å². The summed E-state index contributed by atoms with van der Waals surface area (Å²) in [7, 11) is 0. The van der Waals surface area contributed by atoms with Crippen molar-refractivity contribution in [2.24, 2.45) is 0 Å². The van der Waals surface area contributed by atoms with Crippen molar-refractivity contribution in [1.29, 1.82) is 0 Å². The van der Waals surface area contributed by atoms with Crippen molar-refractivity contribution in [1.82, 2.24) is 0 Å². The van der Waals surface area contributed by atoms with Crippen LogP contribution in [0.15, 0.2) is 18.2 Å². The lowest BCUT2D eigenvalue weighted by molar-refractivity contribution is -0.387. The van der Waals surface area contributed by atoms with Gasteiger partial charge in [-0.15, -0.1) is 0 Å². The van der Waals surface area contributed by atoms with Gasteiger partial charge in [-0.3, -0.25) is 10.1 Å². The molecule has 0 aromatic heterocycles. The van der Waals surface area contributed by atoms with E-state index in [0.29, 0.717) is 6.29 Å². The van der Waals surface area contributed by atoms with Crippen molar-refractivity contribution < 1.29 is 14.1 Å². The number of nitro groups is 1. The Morgan fingerprint density at radius 3 is 2.87 bits per heavy atom. The van der Waals surface area contributed by atoms with Crippen LogP contribution in [-0.4, -0.2) is 11.2 Å². The van der Waals surface area contributed by atoms with E-state index >= 15 is 0 Å². The zero-order valence-electron chi connectivity index (χ0n) is 7.57. The minimum atomic E-state index is -0.932. The number of carbonyl (C=O) groups is 1. The first-order valence-electron chi connectivity index (χ1n) is 4.02. The Balaban J connectivity index is 3.19. The van der Waals surface area contributed by atoms with E-state index in [2.05, 4.69) is 11.8 Å². The van der Waals surface area contributed by atoms with Crippen molar-refractivity contribution in [3.63, 3.8) is 0 Å². The summed E-state index contributed by atoms with van der Waals surface area (Å²) in [5.74, 6) is 3.83. The van der Waals surface area contributed by atoms with Crippen molar-refractivity contribution in [2.45, 2.75) is 6.42 Å². The van der Waals surface area contributed by atoms with Crippen LogP contribution in [0.3, 0.4) is 0 Å². The summed E-state index contributed by atoms with van der Waals surface area (Å²) in [6, 6.07) is 3.65. The van der Waals surface area contributed by atoms with E-state index in [-0.39, 0.29) is 12.0 Å². The molecule has 0 unspecified atom stereocenters. The predicted molar refractivity (Wildman–Crippen MR) is 50.6 cm³/mol. The maximum absolute atomic E-state index is 13.0. The zero-order chi connectivity index (χ0) is 11.3.